The Labute approximate surface area is 148 Å². The average Bonchev–Trinajstić information content (AvgIpc) is 2.54. The topological polar surface area (TPSA) is 107 Å². The molecule has 0 aromatic heterocycles. The minimum absolute atomic E-state index is 0.110. The lowest BCUT2D eigenvalue weighted by Crippen LogP contribution is -2.11. The third-order valence-electron chi connectivity index (χ3n) is 3.90. The first-order chi connectivity index (χ1) is 11.8. The van der Waals surface area contributed by atoms with Gasteiger partial charge in [-0.25, -0.2) is 4.79 Å². The molecule has 2 unspecified atom stereocenters. The normalized spacial score (nSPS) is 13.2. The van der Waals surface area contributed by atoms with Gasteiger partial charge in [-0.05, 0) is 49.0 Å². The summed E-state index contributed by atoms with van der Waals surface area (Å²) >= 11 is -2.30. The van der Waals surface area contributed by atoms with Crippen molar-refractivity contribution in [2.75, 3.05) is 6.61 Å². The maximum absolute atomic E-state index is 11.5. The summed E-state index contributed by atoms with van der Waals surface area (Å²) in [5.74, 6) is -1.26. The van der Waals surface area contributed by atoms with Crippen LogP contribution < -0.4 is 4.74 Å². The summed E-state index contributed by atoms with van der Waals surface area (Å²) in [4.78, 5) is 11.0. The van der Waals surface area contributed by atoms with Crippen LogP contribution in [0.3, 0.4) is 0 Å². The van der Waals surface area contributed by atoms with Gasteiger partial charge in [-0.2, -0.15) is 0 Å². The van der Waals surface area contributed by atoms with Crippen LogP contribution in [0.25, 0.3) is 0 Å². The zero-order valence-electron chi connectivity index (χ0n) is 13.9. The van der Waals surface area contributed by atoms with Crippen molar-refractivity contribution in [1.82, 2.24) is 0 Å². The number of carbonyl (C=O) groups is 1. The molecule has 0 saturated heterocycles. The summed E-state index contributed by atoms with van der Waals surface area (Å²) in [6, 6.07) is 9.97. The molecule has 0 aliphatic heterocycles. The Morgan fingerprint density at radius 3 is 2.60 bits per heavy atom. The highest BCUT2D eigenvalue weighted by Gasteiger charge is 2.16. The van der Waals surface area contributed by atoms with Crippen molar-refractivity contribution in [3.05, 3.63) is 58.7 Å². The SMILES string of the molecule is Cc1cccc(C(CCOc2ccc(C(=O)O)c(O)c2C)S(=O)[O-])c1. The molecule has 6 nitrogen and oxygen atoms in total. The summed E-state index contributed by atoms with van der Waals surface area (Å²) in [5, 5.41) is 18.2. The zero-order valence-corrected chi connectivity index (χ0v) is 14.7. The number of benzene rings is 2. The number of carboxylic acid groups (broad SMARTS) is 1. The monoisotopic (exact) mass is 363 g/mol. The van der Waals surface area contributed by atoms with Crippen LogP contribution in [0.4, 0.5) is 0 Å². The second kappa shape index (κ2) is 8.13. The van der Waals surface area contributed by atoms with Gasteiger partial charge in [0.05, 0.1) is 6.61 Å². The van der Waals surface area contributed by atoms with Crippen LogP contribution in [0.15, 0.2) is 36.4 Å². The standard InChI is InChI=1S/C18H20O6S/c1-11-4-3-5-13(10-11)16(25(22)23)8-9-24-15-7-6-14(18(20)21)17(19)12(15)2/h3-7,10,16,19H,8-9H2,1-2H3,(H,20,21)(H,22,23)/p-1. The van der Waals surface area contributed by atoms with Gasteiger partial charge in [-0.3, -0.25) is 4.21 Å². The Morgan fingerprint density at radius 2 is 2.00 bits per heavy atom. The van der Waals surface area contributed by atoms with Gasteiger partial charge >= 0.3 is 5.97 Å². The van der Waals surface area contributed by atoms with E-state index in [4.69, 9.17) is 9.84 Å². The lowest BCUT2D eigenvalue weighted by atomic mass is 10.1. The molecule has 0 radical (unpaired) electrons. The minimum Gasteiger partial charge on any atom is -0.772 e. The summed E-state index contributed by atoms with van der Waals surface area (Å²) in [6.45, 7) is 3.54. The van der Waals surface area contributed by atoms with E-state index in [-0.39, 0.29) is 24.3 Å². The Morgan fingerprint density at radius 1 is 1.28 bits per heavy atom. The van der Waals surface area contributed by atoms with Crippen molar-refractivity contribution in [3.63, 3.8) is 0 Å². The lowest BCUT2D eigenvalue weighted by molar-refractivity contribution is 0.0693. The number of carboxylic acids is 1. The molecule has 2 N–H and O–H groups in total. The van der Waals surface area contributed by atoms with Gasteiger partial charge in [0, 0.05) is 10.8 Å². The summed E-state index contributed by atoms with van der Waals surface area (Å²) in [5.41, 5.74) is 1.76. The quantitative estimate of drug-likeness (QED) is 0.732. The van der Waals surface area contributed by atoms with Crippen molar-refractivity contribution in [3.8, 4) is 11.5 Å². The van der Waals surface area contributed by atoms with Crippen LogP contribution in [0.5, 0.6) is 11.5 Å². The fraction of sp³-hybridized carbons (Fsp3) is 0.278. The van der Waals surface area contributed by atoms with E-state index >= 15 is 0 Å². The number of rotatable bonds is 7. The van der Waals surface area contributed by atoms with Crippen molar-refractivity contribution in [1.29, 1.82) is 0 Å². The maximum atomic E-state index is 11.5. The second-order valence-electron chi connectivity index (χ2n) is 5.69. The van der Waals surface area contributed by atoms with Gasteiger partial charge in [0.25, 0.3) is 0 Å². The van der Waals surface area contributed by atoms with Crippen LogP contribution in [-0.2, 0) is 11.1 Å². The maximum Gasteiger partial charge on any atom is 0.339 e. The van der Waals surface area contributed by atoms with E-state index in [9.17, 15) is 18.7 Å². The van der Waals surface area contributed by atoms with Crippen LogP contribution in [0.2, 0.25) is 0 Å². The number of hydrogen-bond acceptors (Lipinski definition) is 5. The van der Waals surface area contributed by atoms with Crippen LogP contribution >= 0.6 is 0 Å². The fourth-order valence-corrected chi connectivity index (χ4v) is 3.19. The molecule has 0 bridgehead atoms. The smallest absolute Gasteiger partial charge is 0.339 e. The van der Waals surface area contributed by atoms with E-state index in [1.165, 1.54) is 12.1 Å². The molecule has 25 heavy (non-hydrogen) atoms. The van der Waals surface area contributed by atoms with Gasteiger partial charge in [0.2, 0.25) is 0 Å². The number of hydrogen-bond donors (Lipinski definition) is 2. The van der Waals surface area contributed by atoms with E-state index in [1.807, 2.05) is 19.1 Å². The van der Waals surface area contributed by atoms with Gasteiger partial charge in [-0.1, -0.05) is 29.8 Å². The zero-order chi connectivity index (χ0) is 18.6. The largest absolute Gasteiger partial charge is 0.772 e. The molecule has 0 aliphatic rings. The molecule has 7 heteroatoms. The van der Waals surface area contributed by atoms with E-state index < -0.39 is 22.3 Å². The second-order valence-corrected chi connectivity index (χ2v) is 6.78. The first kappa shape index (κ1) is 19.0. The predicted molar refractivity (Wildman–Crippen MR) is 92.8 cm³/mol. The summed E-state index contributed by atoms with van der Waals surface area (Å²) in [6.07, 6.45) is 0.237. The molecule has 2 rings (SSSR count). The van der Waals surface area contributed by atoms with Crippen molar-refractivity contribution in [2.24, 2.45) is 0 Å². The van der Waals surface area contributed by atoms with Crippen LogP contribution in [0, 0.1) is 13.8 Å². The van der Waals surface area contributed by atoms with Crippen molar-refractivity contribution < 1.29 is 28.5 Å². The summed E-state index contributed by atoms with van der Waals surface area (Å²) < 4.78 is 28.6. The lowest BCUT2D eigenvalue weighted by Gasteiger charge is -2.21. The molecule has 0 heterocycles. The van der Waals surface area contributed by atoms with Gasteiger partial charge in [0.15, 0.2) is 0 Å². The van der Waals surface area contributed by atoms with E-state index in [2.05, 4.69) is 0 Å². The molecule has 2 aromatic rings. The number of aromatic carboxylic acids is 1. The molecule has 134 valence electrons. The van der Waals surface area contributed by atoms with Gasteiger partial charge < -0.3 is 19.5 Å². The van der Waals surface area contributed by atoms with Crippen LogP contribution in [0.1, 0.15) is 38.7 Å². The fourth-order valence-electron chi connectivity index (χ4n) is 2.53. The number of aromatic hydroxyl groups is 1. The number of ether oxygens (including phenoxy) is 1. The molecular formula is C18H19O6S-. The Hall–Kier alpha value is -2.38. The third kappa shape index (κ3) is 4.58. The Bertz CT molecular complexity index is 802. The number of phenols is 1. The van der Waals surface area contributed by atoms with E-state index in [0.717, 1.165) is 5.56 Å². The highest BCUT2D eigenvalue weighted by molar-refractivity contribution is 7.79. The first-order valence-electron chi connectivity index (χ1n) is 7.64. The molecule has 2 atom stereocenters. The van der Waals surface area contributed by atoms with Crippen molar-refractivity contribution >= 4 is 17.0 Å². The molecule has 0 amide bonds. The van der Waals surface area contributed by atoms with Gasteiger partial charge in [0.1, 0.15) is 17.1 Å². The molecule has 0 fully saturated rings. The average molecular weight is 363 g/mol. The van der Waals surface area contributed by atoms with E-state index in [1.54, 1.807) is 19.1 Å². The third-order valence-corrected chi connectivity index (χ3v) is 4.87. The molecule has 0 spiro atoms. The Kier molecular flexibility index (Phi) is 6.17. The van der Waals surface area contributed by atoms with Crippen LogP contribution in [-0.4, -0.2) is 31.6 Å². The predicted octanol–water partition coefficient (Wildman–Crippen LogP) is 3.10. The highest BCUT2D eigenvalue weighted by atomic mass is 32.2. The Balaban J connectivity index is 2.09. The summed E-state index contributed by atoms with van der Waals surface area (Å²) in [7, 11) is 0. The number of aryl methyl sites for hydroxylation is 1. The van der Waals surface area contributed by atoms with E-state index in [0.29, 0.717) is 16.9 Å². The molecule has 2 aromatic carbocycles. The van der Waals surface area contributed by atoms with Gasteiger partial charge in [-0.15, -0.1) is 0 Å². The highest BCUT2D eigenvalue weighted by Crippen LogP contribution is 2.31. The van der Waals surface area contributed by atoms with Crippen molar-refractivity contribution in [2.45, 2.75) is 25.5 Å². The molecule has 0 aliphatic carbocycles. The minimum atomic E-state index is -2.30. The molecule has 0 saturated carbocycles. The molecular weight excluding hydrogens is 344 g/mol. The first-order valence-corrected chi connectivity index (χ1v) is 8.78.